The number of ether oxygens (including phenoxy) is 1. The summed E-state index contributed by atoms with van der Waals surface area (Å²) in [5, 5.41) is 0.775. The van der Waals surface area contributed by atoms with E-state index in [0.29, 0.717) is 11.4 Å². The van der Waals surface area contributed by atoms with Crippen LogP contribution in [0.3, 0.4) is 0 Å². The smallest absolute Gasteiger partial charge is 0.191 e. The summed E-state index contributed by atoms with van der Waals surface area (Å²) in [4.78, 5) is 9.30. The predicted molar refractivity (Wildman–Crippen MR) is 105 cm³/mol. The van der Waals surface area contributed by atoms with Crippen molar-refractivity contribution in [3.63, 3.8) is 0 Å². The fraction of sp³-hybridized carbons (Fsp3) is 0.632. The standard InChI is InChI=1S/C19H29ClN4O/c1-25-14-9-19(7-2-8-19)15-22-18(21)24-12-10-23(11-13-24)17-5-3-16(20)4-6-17/h3-6H,2,7-15H2,1H3,(H2,21,22). The van der Waals surface area contributed by atoms with Gasteiger partial charge in [0.1, 0.15) is 0 Å². The van der Waals surface area contributed by atoms with Crippen LogP contribution in [0.15, 0.2) is 29.3 Å². The lowest BCUT2D eigenvalue weighted by Crippen LogP contribution is -2.51. The van der Waals surface area contributed by atoms with Crippen LogP contribution in [-0.4, -0.2) is 57.3 Å². The van der Waals surface area contributed by atoms with E-state index in [2.05, 4.69) is 21.9 Å². The van der Waals surface area contributed by atoms with Crippen molar-refractivity contribution in [3.05, 3.63) is 29.3 Å². The Morgan fingerprint density at radius 1 is 1.20 bits per heavy atom. The van der Waals surface area contributed by atoms with Gasteiger partial charge in [-0.1, -0.05) is 18.0 Å². The van der Waals surface area contributed by atoms with Crippen molar-refractivity contribution in [1.29, 1.82) is 0 Å². The van der Waals surface area contributed by atoms with Crippen LogP contribution in [0.5, 0.6) is 0 Å². The molecule has 25 heavy (non-hydrogen) atoms. The first-order valence-electron chi connectivity index (χ1n) is 9.16. The Labute approximate surface area is 155 Å². The van der Waals surface area contributed by atoms with E-state index in [4.69, 9.17) is 27.1 Å². The second kappa shape index (κ2) is 8.28. The lowest BCUT2D eigenvalue weighted by atomic mass is 9.67. The molecule has 5 nitrogen and oxygen atoms in total. The van der Waals surface area contributed by atoms with E-state index in [-0.39, 0.29) is 0 Å². The van der Waals surface area contributed by atoms with Crippen molar-refractivity contribution in [1.82, 2.24) is 4.90 Å². The van der Waals surface area contributed by atoms with Crippen molar-refractivity contribution in [2.24, 2.45) is 16.1 Å². The van der Waals surface area contributed by atoms with Crippen molar-refractivity contribution < 1.29 is 4.74 Å². The van der Waals surface area contributed by atoms with E-state index in [1.807, 2.05) is 12.1 Å². The number of hydrogen-bond donors (Lipinski definition) is 1. The zero-order chi connectivity index (χ0) is 17.7. The average molecular weight is 365 g/mol. The highest BCUT2D eigenvalue weighted by atomic mass is 35.5. The molecule has 3 rings (SSSR count). The molecule has 1 heterocycles. The number of methoxy groups -OCH3 is 1. The summed E-state index contributed by atoms with van der Waals surface area (Å²) in [7, 11) is 1.77. The number of piperazine rings is 1. The minimum Gasteiger partial charge on any atom is -0.385 e. The first-order chi connectivity index (χ1) is 12.1. The first kappa shape index (κ1) is 18.3. The van der Waals surface area contributed by atoms with Gasteiger partial charge in [0.15, 0.2) is 5.96 Å². The van der Waals surface area contributed by atoms with E-state index < -0.39 is 0 Å². The molecule has 1 aliphatic heterocycles. The number of anilines is 1. The van der Waals surface area contributed by atoms with Gasteiger partial charge >= 0.3 is 0 Å². The Kier molecular flexibility index (Phi) is 6.07. The van der Waals surface area contributed by atoms with Crippen molar-refractivity contribution in [2.75, 3.05) is 51.3 Å². The molecule has 1 aromatic rings. The topological polar surface area (TPSA) is 54.1 Å². The Morgan fingerprint density at radius 3 is 2.44 bits per heavy atom. The Bertz CT molecular complexity index is 578. The highest BCUT2D eigenvalue weighted by Crippen LogP contribution is 2.44. The predicted octanol–water partition coefficient (Wildman–Crippen LogP) is 2.98. The number of aliphatic imine (C=N–C) groups is 1. The highest BCUT2D eigenvalue weighted by molar-refractivity contribution is 6.30. The second-order valence-corrected chi connectivity index (χ2v) is 7.66. The fourth-order valence-corrected chi connectivity index (χ4v) is 3.80. The van der Waals surface area contributed by atoms with Crippen LogP contribution in [-0.2, 0) is 4.74 Å². The van der Waals surface area contributed by atoms with E-state index in [1.165, 1.54) is 24.9 Å². The number of rotatable bonds is 6. The number of benzene rings is 1. The molecule has 0 radical (unpaired) electrons. The molecule has 0 spiro atoms. The molecule has 0 aromatic heterocycles. The number of nitrogens with two attached hydrogens (primary N) is 1. The van der Waals surface area contributed by atoms with Gasteiger partial charge in [-0.3, -0.25) is 4.99 Å². The van der Waals surface area contributed by atoms with Crippen LogP contribution in [0, 0.1) is 5.41 Å². The first-order valence-corrected chi connectivity index (χ1v) is 9.54. The van der Waals surface area contributed by atoms with Crippen LogP contribution in [0.1, 0.15) is 25.7 Å². The molecule has 1 aliphatic carbocycles. The quantitative estimate of drug-likeness (QED) is 0.622. The number of hydrogen-bond acceptors (Lipinski definition) is 3. The average Bonchev–Trinajstić information content (AvgIpc) is 2.61. The lowest BCUT2D eigenvalue weighted by molar-refractivity contribution is 0.0777. The SMILES string of the molecule is COCCC1(CN=C(N)N2CCN(c3ccc(Cl)cc3)CC2)CCC1. The Hall–Kier alpha value is -1.46. The molecular weight excluding hydrogens is 336 g/mol. The normalized spacial score (nSPS) is 20.5. The van der Waals surface area contributed by atoms with Gasteiger partial charge in [-0.2, -0.15) is 0 Å². The molecule has 0 bridgehead atoms. The minimum absolute atomic E-state index is 0.325. The molecule has 2 N–H and O–H groups in total. The Morgan fingerprint density at radius 2 is 1.88 bits per heavy atom. The van der Waals surface area contributed by atoms with Gasteiger partial charge in [-0.05, 0) is 48.9 Å². The summed E-state index contributed by atoms with van der Waals surface area (Å²) in [6.45, 7) is 5.36. The third-order valence-corrected chi connectivity index (χ3v) is 5.87. The molecule has 0 atom stereocenters. The van der Waals surface area contributed by atoms with Crippen molar-refractivity contribution in [2.45, 2.75) is 25.7 Å². The molecule has 0 unspecified atom stereocenters. The van der Waals surface area contributed by atoms with Crippen LogP contribution in [0.4, 0.5) is 5.69 Å². The maximum atomic E-state index is 6.28. The van der Waals surface area contributed by atoms with E-state index in [0.717, 1.165) is 50.8 Å². The number of nitrogens with zero attached hydrogens (tertiary/aromatic N) is 3. The van der Waals surface area contributed by atoms with Gasteiger partial charge in [0, 0.05) is 57.2 Å². The zero-order valence-corrected chi connectivity index (χ0v) is 15.8. The molecule has 1 aromatic carbocycles. The fourth-order valence-electron chi connectivity index (χ4n) is 3.68. The number of halogens is 1. The van der Waals surface area contributed by atoms with E-state index in [1.54, 1.807) is 7.11 Å². The summed E-state index contributed by atoms with van der Waals surface area (Å²) in [5.74, 6) is 0.694. The van der Waals surface area contributed by atoms with Gasteiger partial charge in [0.2, 0.25) is 0 Å². The Balaban J connectivity index is 1.50. The largest absolute Gasteiger partial charge is 0.385 e. The van der Waals surface area contributed by atoms with E-state index in [9.17, 15) is 0 Å². The van der Waals surface area contributed by atoms with E-state index >= 15 is 0 Å². The third-order valence-electron chi connectivity index (χ3n) is 5.62. The van der Waals surface area contributed by atoms with Crippen molar-refractivity contribution >= 4 is 23.2 Å². The third kappa shape index (κ3) is 4.59. The van der Waals surface area contributed by atoms with Gasteiger partial charge in [0.05, 0.1) is 0 Å². The molecule has 2 fully saturated rings. The molecule has 2 aliphatic rings. The number of guanidine groups is 1. The maximum Gasteiger partial charge on any atom is 0.191 e. The summed E-state index contributed by atoms with van der Waals surface area (Å²) < 4.78 is 5.25. The van der Waals surface area contributed by atoms with Crippen molar-refractivity contribution in [3.8, 4) is 0 Å². The maximum absolute atomic E-state index is 6.28. The molecule has 138 valence electrons. The monoisotopic (exact) mass is 364 g/mol. The van der Waals surface area contributed by atoms with Crippen LogP contribution in [0.2, 0.25) is 5.02 Å². The summed E-state index contributed by atoms with van der Waals surface area (Å²) in [6, 6.07) is 8.03. The molecule has 6 heteroatoms. The zero-order valence-electron chi connectivity index (χ0n) is 15.1. The van der Waals surface area contributed by atoms with Crippen LogP contribution in [0.25, 0.3) is 0 Å². The molecule has 1 saturated carbocycles. The van der Waals surface area contributed by atoms with Gasteiger partial charge in [-0.15, -0.1) is 0 Å². The van der Waals surface area contributed by atoms with Gasteiger partial charge in [0.25, 0.3) is 0 Å². The summed E-state index contributed by atoms with van der Waals surface area (Å²) >= 11 is 5.97. The summed E-state index contributed by atoms with van der Waals surface area (Å²) in [5.41, 5.74) is 7.82. The van der Waals surface area contributed by atoms with Crippen LogP contribution < -0.4 is 10.6 Å². The van der Waals surface area contributed by atoms with Gasteiger partial charge in [-0.25, -0.2) is 0 Å². The van der Waals surface area contributed by atoms with Crippen LogP contribution >= 0.6 is 11.6 Å². The molecular formula is C19H29ClN4O. The molecule has 0 amide bonds. The second-order valence-electron chi connectivity index (χ2n) is 7.22. The summed E-state index contributed by atoms with van der Waals surface area (Å²) in [6.07, 6.45) is 4.89. The highest BCUT2D eigenvalue weighted by Gasteiger charge is 2.36. The molecule has 1 saturated heterocycles. The van der Waals surface area contributed by atoms with Gasteiger partial charge < -0.3 is 20.3 Å². The lowest BCUT2D eigenvalue weighted by Gasteiger charge is -2.41. The minimum atomic E-state index is 0.325.